The number of nitrogens with one attached hydrogen (secondary N) is 15. The van der Waals surface area contributed by atoms with Crippen LogP contribution in [0.25, 0.3) is 0 Å². The molecule has 1 aliphatic heterocycles. The van der Waals surface area contributed by atoms with Crippen LogP contribution in [0.2, 0.25) is 0 Å². The zero-order valence-electron chi connectivity index (χ0n) is 54.9. The third kappa shape index (κ3) is 30.5. The number of hydrogen-bond donors (Lipinski definition) is 25. The first-order valence-corrected chi connectivity index (χ1v) is 31.3. The van der Waals surface area contributed by atoms with E-state index in [-0.39, 0.29) is 83.5 Å². The normalized spacial score (nSPS) is 16.4. The number of guanidine groups is 2. The summed E-state index contributed by atoms with van der Waals surface area (Å²) in [5, 5.41) is 95.4. The summed E-state index contributed by atoms with van der Waals surface area (Å²) in [6.45, 7) is 5.19. The molecule has 1 heterocycles. The summed E-state index contributed by atoms with van der Waals surface area (Å²) in [4.78, 5) is 188. The molecule has 0 aliphatic carbocycles. The fourth-order valence-corrected chi connectivity index (χ4v) is 9.37. The van der Waals surface area contributed by atoms with Gasteiger partial charge in [-0.15, -0.1) is 0 Å². The molecule has 40 heteroatoms. The number of hydrogen-bond acceptors (Lipinski definition) is 22. The highest BCUT2D eigenvalue weighted by atomic mass is 16.4. The highest BCUT2D eigenvalue weighted by molar-refractivity contribution is 6.00. The molecule has 0 saturated carbocycles. The highest BCUT2D eigenvalue weighted by Crippen LogP contribution is 2.19. The minimum atomic E-state index is -1.95. The number of aliphatic carboxylic acids is 1. The Kier molecular flexibility index (Phi) is 38.7. The number of nitrogens with zero attached hydrogens (tertiary/aromatic N) is 1. The van der Waals surface area contributed by atoms with Crippen LogP contribution in [0.3, 0.4) is 0 Å². The van der Waals surface area contributed by atoms with Crippen molar-refractivity contribution in [2.45, 2.75) is 191 Å². The number of aliphatic hydroxyl groups is 4. The number of nitrogens with two attached hydrogens (primary N) is 5. The van der Waals surface area contributed by atoms with Crippen LogP contribution in [0.4, 0.5) is 0 Å². The molecule has 0 bridgehead atoms. The third-order valence-corrected chi connectivity index (χ3v) is 14.8. The van der Waals surface area contributed by atoms with Gasteiger partial charge in [-0.1, -0.05) is 27.7 Å². The molecule has 0 unspecified atom stereocenters. The lowest BCUT2D eigenvalue weighted by molar-refractivity contribution is -0.142. The predicted octanol–water partition coefficient (Wildman–Crippen LogP) is -11.0. The van der Waals surface area contributed by atoms with Gasteiger partial charge in [0.05, 0.1) is 26.4 Å². The maximum atomic E-state index is 14.1. The van der Waals surface area contributed by atoms with Gasteiger partial charge < -0.3 is 128 Å². The first-order chi connectivity index (χ1) is 45.1. The average molecular weight is 1370 g/mol. The first-order valence-electron chi connectivity index (χ1n) is 31.3. The Morgan fingerprint density at radius 1 is 0.479 bits per heavy atom. The van der Waals surface area contributed by atoms with E-state index in [2.05, 4.69) is 69.1 Å². The topological polar surface area (TPSA) is 678 Å². The van der Waals surface area contributed by atoms with Crippen LogP contribution >= 0.6 is 0 Å². The monoisotopic (exact) mass is 1370 g/mol. The zero-order chi connectivity index (χ0) is 73.1. The van der Waals surface area contributed by atoms with Gasteiger partial charge in [-0.25, -0.2) is 4.79 Å². The second-order valence-electron chi connectivity index (χ2n) is 23.6. The van der Waals surface area contributed by atoms with Crippen molar-refractivity contribution in [3.05, 3.63) is 0 Å². The van der Waals surface area contributed by atoms with Gasteiger partial charge in [-0.05, 0) is 96.4 Å². The lowest BCUT2D eigenvalue weighted by Crippen LogP contribution is -2.62. The van der Waals surface area contributed by atoms with Crippen LogP contribution in [-0.4, -0.2) is 256 Å². The second-order valence-corrected chi connectivity index (χ2v) is 23.6. The van der Waals surface area contributed by atoms with Gasteiger partial charge in [0.25, 0.3) is 0 Å². The number of carbonyl (C=O) groups is 14. The minimum Gasteiger partial charge on any atom is -0.480 e. The molecule has 0 aromatic heterocycles. The molecular formula is C56H101N21O19. The number of likely N-dealkylation sites (tertiary alicyclic amines) is 1. The van der Waals surface area contributed by atoms with E-state index in [4.69, 9.17) is 39.5 Å². The van der Waals surface area contributed by atoms with Gasteiger partial charge in [0.15, 0.2) is 11.9 Å². The van der Waals surface area contributed by atoms with Crippen LogP contribution in [0.5, 0.6) is 0 Å². The van der Waals surface area contributed by atoms with E-state index >= 15 is 0 Å². The minimum absolute atomic E-state index is 0.00459. The average Bonchev–Trinajstić information content (AvgIpc) is 1.55. The van der Waals surface area contributed by atoms with Crippen molar-refractivity contribution < 1.29 is 92.7 Å². The Balaban J connectivity index is 3.29. The van der Waals surface area contributed by atoms with Crippen LogP contribution < -0.4 is 97.8 Å². The summed E-state index contributed by atoms with van der Waals surface area (Å²) in [6, 6.07) is -19.6. The summed E-state index contributed by atoms with van der Waals surface area (Å²) < 4.78 is 0. The number of carboxylic acid groups (broad SMARTS) is 1. The molecule has 0 aromatic carbocycles. The largest absolute Gasteiger partial charge is 0.480 e. The molecule has 30 N–H and O–H groups in total. The maximum absolute atomic E-state index is 14.1. The summed E-state index contributed by atoms with van der Waals surface area (Å²) in [7, 11) is 0. The summed E-state index contributed by atoms with van der Waals surface area (Å²) >= 11 is 0. The zero-order valence-corrected chi connectivity index (χ0v) is 54.9. The molecule has 544 valence electrons. The van der Waals surface area contributed by atoms with Crippen LogP contribution in [-0.2, 0) is 67.1 Å². The van der Waals surface area contributed by atoms with E-state index in [0.717, 1.165) is 0 Å². The van der Waals surface area contributed by atoms with E-state index in [1.165, 1.54) is 32.6 Å². The van der Waals surface area contributed by atoms with Gasteiger partial charge in [0, 0.05) is 26.1 Å². The number of amides is 13. The van der Waals surface area contributed by atoms with Gasteiger partial charge in [0.2, 0.25) is 76.8 Å². The van der Waals surface area contributed by atoms with Gasteiger partial charge in [-0.2, -0.15) is 0 Å². The van der Waals surface area contributed by atoms with Crippen molar-refractivity contribution in [2.75, 3.05) is 52.6 Å². The van der Waals surface area contributed by atoms with E-state index in [0.29, 0.717) is 6.42 Å². The third-order valence-electron chi connectivity index (χ3n) is 14.8. The molecule has 13 atom stereocenters. The standard InChI is InChI=1S/C56H101N21O19/c1-26(2)21-35(72-51(92)39-14-10-20-77(39)53(94)30(58)22-78)47(88)67-28(5)42(83)68-33(15-16-40(59)82)44(85)66-29(6)43(84)76-41(27(3)4)52(93)70-32(13-9-19-65-56(62)63)46(87)73-37(24-80)49(90)75-38(25-81)50(91)74-36(23-79)48(89)69-31(12-8-18-64-55(60)61)45(86)71-34(54(95)96)11-7-17-57/h26-39,41,78-81H,7-25,57-58H2,1-6H3,(H2,59,82)(H,66,85)(H,67,88)(H,68,83)(H,69,89)(H,70,93)(H,71,86)(H,72,92)(H,73,87)(H,74,91)(H,75,90)(H,76,84)(H,95,96)(H4,60,61,64)(H4,62,63,65)/t28-,29-,30-,31-,32-,33-,34-,35-,36-,37-,38-,39-,41-/m0/s1. The van der Waals surface area contributed by atoms with Crippen molar-refractivity contribution in [3.63, 3.8) is 0 Å². The Labute approximate surface area is 554 Å². The van der Waals surface area contributed by atoms with Gasteiger partial charge in [-0.3, -0.25) is 73.1 Å². The van der Waals surface area contributed by atoms with Crippen molar-refractivity contribution in [1.29, 1.82) is 10.8 Å². The molecule has 1 fully saturated rings. The molecule has 13 amide bonds. The Morgan fingerprint density at radius 2 is 0.865 bits per heavy atom. The van der Waals surface area contributed by atoms with Crippen LogP contribution in [0.15, 0.2) is 0 Å². The lowest BCUT2D eigenvalue weighted by Gasteiger charge is -2.29. The second kappa shape index (κ2) is 43.8. The number of carbonyl (C=O) groups excluding carboxylic acids is 13. The Morgan fingerprint density at radius 3 is 1.27 bits per heavy atom. The van der Waals surface area contributed by atoms with Crippen LogP contribution in [0, 0.1) is 22.7 Å². The highest BCUT2D eigenvalue weighted by Gasteiger charge is 2.40. The molecule has 0 spiro atoms. The van der Waals surface area contributed by atoms with Gasteiger partial charge >= 0.3 is 5.97 Å². The quantitative estimate of drug-likeness (QED) is 0.0153. The fourth-order valence-electron chi connectivity index (χ4n) is 9.37. The SMILES string of the molecule is CC(C)C[C@H](NC(=O)[C@@H]1CCCN1C(=O)[C@@H](N)CO)C(=O)N[C@@H](C)C(=O)N[C@@H](CCC(N)=O)C(=O)N[C@@H](C)C(=O)N[C@H](C(=O)N[C@@H](CCCNC(=N)N)C(=O)N[C@@H](CO)C(=O)N[C@@H](CO)C(=O)N[C@@H](CO)C(=O)N[C@@H](CCCNC(=N)N)C(=O)N[C@@H](CCCN)C(=O)O)C(C)C. The molecular weight excluding hydrogens is 1270 g/mol. The Bertz CT molecular complexity index is 2690. The molecule has 1 rings (SSSR count). The fraction of sp³-hybridized carbons (Fsp3) is 0.714. The molecule has 1 aliphatic rings. The molecule has 40 nitrogen and oxygen atoms in total. The Hall–Kier alpha value is -9.12. The first kappa shape index (κ1) is 84.9. The number of aliphatic hydroxyl groups excluding tert-OH is 4. The lowest BCUT2D eigenvalue weighted by atomic mass is 10.0. The molecule has 96 heavy (non-hydrogen) atoms. The predicted molar refractivity (Wildman–Crippen MR) is 341 cm³/mol. The summed E-state index contributed by atoms with van der Waals surface area (Å²) in [5.74, 6) is -16.0. The number of rotatable bonds is 45. The number of carboxylic acids is 1. The van der Waals surface area contributed by atoms with E-state index < -0.39 is 218 Å². The van der Waals surface area contributed by atoms with E-state index in [1.54, 1.807) is 13.8 Å². The smallest absolute Gasteiger partial charge is 0.326 e. The van der Waals surface area contributed by atoms with E-state index in [1.807, 2.05) is 0 Å². The van der Waals surface area contributed by atoms with Crippen molar-refractivity contribution in [2.24, 2.45) is 40.5 Å². The van der Waals surface area contributed by atoms with Crippen molar-refractivity contribution in [1.82, 2.24) is 74.0 Å². The van der Waals surface area contributed by atoms with Crippen molar-refractivity contribution >= 4 is 94.7 Å². The maximum Gasteiger partial charge on any atom is 0.326 e. The van der Waals surface area contributed by atoms with Crippen LogP contribution in [0.1, 0.15) is 112 Å². The summed E-state index contributed by atoms with van der Waals surface area (Å²) in [6.07, 6.45) is -0.279. The molecule has 0 aromatic rings. The number of primary amides is 1. The van der Waals surface area contributed by atoms with Crippen molar-refractivity contribution in [3.8, 4) is 0 Å². The van der Waals surface area contributed by atoms with E-state index in [9.17, 15) is 92.7 Å². The van der Waals surface area contributed by atoms with Gasteiger partial charge in [0.1, 0.15) is 78.5 Å². The molecule has 0 radical (unpaired) electrons. The molecule has 1 saturated heterocycles. The summed E-state index contributed by atoms with van der Waals surface area (Å²) in [5.41, 5.74) is 27.3.